The molecule has 0 atom stereocenters. The Balaban J connectivity index is 1.63. The fourth-order valence-corrected chi connectivity index (χ4v) is 2.69. The zero-order chi connectivity index (χ0) is 15.4. The lowest BCUT2D eigenvalue weighted by atomic mass is 9.99. The number of nitrogens with zero attached hydrogens (tertiary/aromatic N) is 2. The minimum atomic E-state index is -0.132. The summed E-state index contributed by atoms with van der Waals surface area (Å²) >= 11 is 0. The maximum atomic E-state index is 12.1. The van der Waals surface area contributed by atoms with Crippen molar-refractivity contribution in [3.05, 3.63) is 54.2 Å². The highest BCUT2D eigenvalue weighted by Crippen LogP contribution is 2.23. The van der Waals surface area contributed by atoms with Gasteiger partial charge in [-0.3, -0.25) is 4.79 Å². The average Bonchev–Trinajstić information content (AvgIpc) is 2.57. The molecule has 0 aliphatic carbocycles. The lowest BCUT2D eigenvalue weighted by molar-refractivity contribution is 0.102. The van der Waals surface area contributed by atoms with Gasteiger partial charge in [0.25, 0.3) is 5.91 Å². The van der Waals surface area contributed by atoms with E-state index in [0.717, 1.165) is 24.7 Å². The van der Waals surface area contributed by atoms with E-state index in [-0.39, 0.29) is 5.91 Å². The number of carbonyl (C=O) groups is 1. The second-order valence-corrected chi connectivity index (χ2v) is 5.89. The summed E-state index contributed by atoms with van der Waals surface area (Å²) < 4.78 is 0. The smallest absolute Gasteiger partial charge is 0.256 e. The molecule has 1 aromatic heterocycles. The van der Waals surface area contributed by atoms with Crippen LogP contribution in [0, 0.1) is 5.92 Å². The molecule has 1 aliphatic heterocycles. The van der Waals surface area contributed by atoms with Crippen LogP contribution in [0.25, 0.3) is 0 Å². The monoisotopic (exact) mass is 295 g/mol. The number of hydrogen-bond donors (Lipinski definition) is 1. The Morgan fingerprint density at radius 2 is 1.86 bits per heavy atom. The summed E-state index contributed by atoms with van der Waals surface area (Å²) in [6.07, 6.45) is 4.30. The lowest BCUT2D eigenvalue weighted by Crippen LogP contribution is -2.32. The molecule has 2 aromatic rings. The van der Waals surface area contributed by atoms with Crippen LogP contribution in [0.4, 0.5) is 11.5 Å². The number of amides is 1. The summed E-state index contributed by atoms with van der Waals surface area (Å²) in [7, 11) is 0. The van der Waals surface area contributed by atoms with Crippen molar-refractivity contribution in [1.29, 1.82) is 0 Å². The molecule has 0 unspecified atom stereocenters. The minimum absolute atomic E-state index is 0.132. The minimum Gasteiger partial charge on any atom is -0.370 e. The molecule has 0 spiro atoms. The van der Waals surface area contributed by atoms with Crippen LogP contribution in [0.1, 0.15) is 30.1 Å². The highest BCUT2D eigenvalue weighted by molar-refractivity contribution is 6.03. The second kappa shape index (κ2) is 6.60. The molecule has 114 valence electrons. The molecule has 2 heterocycles. The fraction of sp³-hybridized carbons (Fsp3) is 0.333. The molecular weight excluding hydrogens is 274 g/mol. The molecule has 4 heteroatoms. The highest BCUT2D eigenvalue weighted by atomic mass is 16.1. The Morgan fingerprint density at radius 1 is 1.14 bits per heavy atom. The van der Waals surface area contributed by atoms with Gasteiger partial charge in [-0.05, 0) is 43.0 Å². The van der Waals surface area contributed by atoms with Gasteiger partial charge in [0, 0.05) is 18.7 Å². The molecule has 1 fully saturated rings. The van der Waals surface area contributed by atoms with Crippen molar-refractivity contribution >= 4 is 17.4 Å². The summed E-state index contributed by atoms with van der Waals surface area (Å²) in [5, 5.41) is 2.83. The number of nitrogens with one attached hydrogen (secondary N) is 1. The molecular formula is C18H21N3O. The molecule has 1 aromatic carbocycles. The predicted octanol–water partition coefficient (Wildman–Crippen LogP) is 3.57. The predicted molar refractivity (Wildman–Crippen MR) is 89.2 cm³/mol. The van der Waals surface area contributed by atoms with Crippen LogP contribution >= 0.6 is 0 Å². The first-order valence-corrected chi connectivity index (χ1v) is 7.80. The van der Waals surface area contributed by atoms with Crippen molar-refractivity contribution in [2.75, 3.05) is 23.3 Å². The van der Waals surface area contributed by atoms with Crippen LogP contribution in [0.5, 0.6) is 0 Å². The second-order valence-electron chi connectivity index (χ2n) is 5.89. The van der Waals surface area contributed by atoms with Gasteiger partial charge in [-0.2, -0.15) is 0 Å². The first-order valence-electron chi connectivity index (χ1n) is 7.80. The van der Waals surface area contributed by atoms with Gasteiger partial charge in [0.2, 0.25) is 0 Å². The van der Waals surface area contributed by atoms with Crippen molar-refractivity contribution in [3.63, 3.8) is 0 Å². The number of aromatic nitrogens is 1. The van der Waals surface area contributed by atoms with Gasteiger partial charge < -0.3 is 10.2 Å². The molecule has 22 heavy (non-hydrogen) atoms. The van der Waals surface area contributed by atoms with Gasteiger partial charge in [-0.15, -0.1) is 0 Å². The van der Waals surface area contributed by atoms with E-state index in [0.29, 0.717) is 11.4 Å². The Morgan fingerprint density at radius 3 is 2.50 bits per heavy atom. The summed E-state index contributed by atoms with van der Waals surface area (Å²) in [6, 6.07) is 13.1. The number of anilines is 2. The molecule has 0 bridgehead atoms. The van der Waals surface area contributed by atoms with Gasteiger partial charge >= 0.3 is 0 Å². The molecule has 0 saturated carbocycles. The molecule has 0 radical (unpaired) electrons. The Labute approximate surface area is 131 Å². The molecule has 1 aliphatic rings. The van der Waals surface area contributed by atoms with Crippen LogP contribution in [0.3, 0.4) is 0 Å². The van der Waals surface area contributed by atoms with Crippen LogP contribution < -0.4 is 10.2 Å². The summed E-state index contributed by atoms with van der Waals surface area (Å²) in [5.41, 5.74) is 1.77. The summed E-state index contributed by atoms with van der Waals surface area (Å²) in [4.78, 5) is 18.8. The van der Waals surface area contributed by atoms with Crippen molar-refractivity contribution in [1.82, 2.24) is 4.98 Å². The SMILES string of the molecule is CC1CCN(c2ccc(NC(=O)c3ccccc3)nc2)CC1. The van der Waals surface area contributed by atoms with E-state index in [1.807, 2.05) is 36.5 Å². The maximum absolute atomic E-state index is 12.1. The number of hydrogen-bond acceptors (Lipinski definition) is 3. The van der Waals surface area contributed by atoms with Gasteiger partial charge in [0.1, 0.15) is 5.82 Å². The normalized spacial score (nSPS) is 15.6. The topological polar surface area (TPSA) is 45.2 Å². The summed E-state index contributed by atoms with van der Waals surface area (Å²) in [5.74, 6) is 1.27. The fourth-order valence-electron chi connectivity index (χ4n) is 2.69. The number of benzene rings is 1. The summed E-state index contributed by atoms with van der Waals surface area (Å²) in [6.45, 7) is 4.47. The molecule has 1 amide bonds. The largest absolute Gasteiger partial charge is 0.370 e. The Bertz CT molecular complexity index is 617. The maximum Gasteiger partial charge on any atom is 0.256 e. The quantitative estimate of drug-likeness (QED) is 0.941. The Kier molecular flexibility index (Phi) is 4.37. The highest BCUT2D eigenvalue weighted by Gasteiger charge is 2.16. The number of piperidine rings is 1. The van der Waals surface area contributed by atoms with Crippen LogP contribution in [-0.4, -0.2) is 24.0 Å². The average molecular weight is 295 g/mol. The third-order valence-corrected chi connectivity index (χ3v) is 4.17. The zero-order valence-corrected chi connectivity index (χ0v) is 12.8. The molecule has 4 nitrogen and oxygen atoms in total. The van der Waals surface area contributed by atoms with Crippen LogP contribution in [0.2, 0.25) is 0 Å². The van der Waals surface area contributed by atoms with Crippen molar-refractivity contribution in [2.45, 2.75) is 19.8 Å². The Hall–Kier alpha value is -2.36. The van der Waals surface area contributed by atoms with E-state index in [4.69, 9.17) is 0 Å². The van der Waals surface area contributed by atoms with Gasteiger partial charge in [0.05, 0.1) is 11.9 Å². The molecule has 1 N–H and O–H groups in total. The van der Waals surface area contributed by atoms with E-state index >= 15 is 0 Å². The van der Waals surface area contributed by atoms with Crippen molar-refractivity contribution < 1.29 is 4.79 Å². The lowest BCUT2D eigenvalue weighted by Gasteiger charge is -2.31. The number of carbonyl (C=O) groups excluding carboxylic acids is 1. The molecule has 3 rings (SSSR count). The van der Waals surface area contributed by atoms with Crippen LogP contribution in [-0.2, 0) is 0 Å². The van der Waals surface area contributed by atoms with Gasteiger partial charge in [-0.25, -0.2) is 4.98 Å². The first kappa shape index (κ1) is 14.6. The van der Waals surface area contributed by atoms with Gasteiger partial charge in [0.15, 0.2) is 0 Å². The third kappa shape index (κ3) is 3.45. The first-order chi connectivity index (χ1) is 10.7. The van der Waals surface area contributed by atoms with E-state index < -0.39 is 0 Å². The number of rotatable bonds is 3. The van der Waals surface area contributed by atoms with E-state index in [1.54, 1.807) is 12.1 Å². The molecule has 1 saturated heterocycles. The van der Waals surface area contributed by atoms with Gasteiger partial charge in [-0.1, -0.05) is 25.1 Å². The number of pyridine rings is 1. The third-order valence-electron chi connectivity index (χ3n) is 4.17. The van der Waals surface area contributed by atoms with E-state index in [9.17, 15) is 4.79 Å². The zero-order valence-electron chi connectivity index (χ0n) is 12.8. The van der Waals surface area contributed by atoms with Crippen molar-refractivity contribution in [2.24, 2.45) is 5.92 Å². The van der Waals surface area contributed by atoms with E-state index in [1.165, 1.54) is 12.8 Å². The van der Waals surface area contributed by atoms with E-state index in [2.05, 4.69) is 22.1 Å². The van der Waals surface area contributed by atoms with Crippen molar-refractivity contribution in [3.8, 4) is 0 Å². The van der Waals surface area contributed by atoms with Crippen LogP contribution in [0.15, 0.2) is 48.7 Å². The standard InChI is InChI=1S/C18H21N3O/c1-14-9-11-21(12-10-14)16-7-8-17(19-13-16)20-18(22)15-5-3-2-4-6-15/h2-8,13-14H,9-12H2,1H3,(H,19,20,22).